The summed E-state index contributed by atoms with van der Waals surface area (Å²) in [6.07, 6.45) is 0. The first-order valence-corrected chi connectivity index (χ1v) is 11.7. The maximum absolute atomic E-state index is 13.6. The molecule has 3 rings (SSSR count). The van der Waals surface area contributed by atoms with Crippen molar-refractivity contribution in [3.63, 3.8) is 0 Å². The lowest BCUT2D eigenvalue weighted by Crippen LogP contribution is -2.53. The number of carbonyl (C=O) groups excluding carboxylic acids is 1. The van der Waals surface area contributed by atoms with Crippen LogP contribution in [0.25, 0.3) is 0 Å². The Morgan fingerprint density at radius 3 is 2.50 bits per heavy atom. The molecule has 1 aliphatic rings. The largest absolute Gasteiger partial charge is 0.461 e. The summed E-state index contributed by atoms with van der Waals surface area (Å²) in [6.45, 7) is 10.9. The van der Waals surface area contributed by atoms with E-state index in [2.05, 4.69) is 30.0 Å². The highest BCUT2D eigenvalue weighted by Crippen LogP contribution is 2.31. The van der Waals surface area contributed by atoms with E-state index in [4.69, 9.17) is 4.74 Å². The summed E-state index contributed by atoms with van der Waals surface area (Å²) in [5.41, 5.74) is 3.57. The molecule has 0 radical (unpaired) electrons. The molecular weight excluding hydrogens is 402 g/mol. The van der Waals surface area contributed by atoms with E-state index in [0.717, 1.165) is 5.69 Å². The number of benzene rings is 1. The van der Waals surface area contributed by atoms with Gasteiger partial charge in [0.25, 0.3) is 0 Å². The minimum absolute atomic E-state index is 0.0316. The Bertz CT molecular complexity index is 1060. The van der Waals surface area contributed by atoms with E-state index < -0.39 is 16.0 Å². The number of aryl methyl sites for hydroxylation is 1. The number of hydrogen-bond acceptors (Lipinski definition) is 5. The van der Waals surface area contributed by atoms with Crippen molar-refractivity contribution in [2.75, 3.05) is 31.1 Å². The fourth-order valence-corrected chi connectivity index (χ4v) is 6.27. The molecule has 1 aromatic carbocycles. The first-order valence-electron chi connectivity index (χ1n) is 10.3. The van der Waals surface area contributed by atoms with Crippen LogP contribution in [0, 0.1) is 20.8 Å². The molecule has 164 valence electrons. The van der Waals surface area contributed by atoms with Gasteiger partial charge in [0.2, 0.25) is 10.0 Å². The number of anilines is 1. The summed E-state index contributed by atoms with van der Waals surface area (Å²) < 4.78 is 35.4. The van der Waals surface area contributed by atoms with Gasteiger partial charge in [0.05, 0.1) is 6.61 Å². The molecule has 0 aliphatic carbocycles. The van der Waals surface area contributed by atoms with Gasteiger partial charge in [-0.1, -0.05) is 12.1 Å². The molecular formula is C22H31N3O4S. The number of sulfonamides is 1. The molecule has 2 aromatic rings. The predicted octanol–water partition coefficient (Wildman–Crippen LogP) is 3.03. The van der Waals surface area contributed by atoms with E-state index >= 15 is 0 Å². The quantitative estimate of drug-likeness (QED) is 0.678. The van der Waals surface area contributed by atoms with Crippen LogP contribution in [0.3, 0.4) is 0 Å². The van der Waals surface area contributed by atoms with E-state index in [1.54, 1.807) is 32.4 Å². The molecule has 1 atom stereocenters. The van der Waals surface area contributed by atoms with Crippen LogP contribution in [-0.2, 0) is 21.8 Å². The number of rotatable bonds is 5. The summed E-state index contributed by atoms with van der Waals surface area (Å²) in [7, 11) is -2.04. The Kier molecular flexibility index (Phi) is 6.29. The third kappa shape index (κ3) is 3.86. The summed E-state index contributed by atoms with van der Waals surface area (Å²) in [4.78, 5) is 14.8. The van der Waals surface area contributed by atoms with Gasteiger partial charge in [0.1, 0.15) is 10.6 Å². The first kappa shape index (κ1) is 22.4. The van der Waals surface area contributed by atoms with Crippen molar-refractivity contribution >= 4 is 21.7 Å². The van der Waals surface area contributed by atoms with Crippen molar-refractivity contribution < 1.29 is 17.9 Å². The number of esters is 1. The molecule has 0 bridgehead atoms. The maximum atomic E-state index is 13.6. The van der Waals surface area contributed by atoms with E-state index in [1.807, 2.05) is 13.0 Å². The second kappa shape index (κ2) is 8.43. The van der Waals surface area contributed by atoms with Crippen molar-refractivity contribution in [1.82, 2.24) is 8.87 Å². The average molecular weight is 434 g/mol. The van der Waals surface area contributed by atoms with Gasteiger partial charge in [0.15, 0.2) is 0 Å². The average Bonchev–Trinajstić information content (AvgIpc) is 2.91. The van der Waals surface area contributed by atoms with Gasteiger partial charge in [-0.3, -0.25) is 0 Å². The van der Waals surface area contributed by atoms with Crippen LogP contribution in [0.4, 0.5) is 5.69 Å². The Morgan fingerprint density at radius 1 is 1.20 bits per heavy atom. The number of hydrogen-bond donors (Lipinski definition) is 0. The highest BCUT2D eigenvalue weighted by atomic mass is 32.2. The first-order chi connectivity index (χ1) is 14.1. The monoisotopic (exact) mass is 433 g/mol. The topological polar surface area (TPSA) is 71.8 Å². The molecule has 0 spiro atoms. The van der Waals surface area contributed by atoms with Crippen LogP contribution in [0.15, 0.2) is 29.2 Å². The fraction of sp³-hybridized carbons (Fsp3) is 0.500. The highest BCUT2D eigenvalue weighted by Gasteiger charge is 2.37. The van der Waals surface area contributed by atoms with Crippen molar-refractivity contribution in [1.29, 1.82) is 0 Å². The van der Waals surface area contributed by atoms with Crippen molar-refractivity contribution in [2.24, 2.45) is 7.05 Å². The highest BCUT2D eigenvalue weighted by molar-refractivity contribution is 7.89. The molecule has 0 N–H and O–H groups in total. The van der Waals surface area contributed by atoms with Gasteiger partial charge >= 0.3 is 5.97 Å². The molecule has 30 heavy (non-hydrogen) atoms. The normalized spacial score (nSPS) is 17.9. The van der Waals surface area contributed by atoms with Crippen LogP contribution < -0.4 is 4.90 Å². The molecule has 1 aliphatic heterocycles. The summed E-state index contributed by atoms with van der Waals surface area (Å²) in [5.74, 6) is -0.500. The minimum atomic E-state index is -3.74. The number of carbonyl (C=O) groups is 1. The molecule has 0 unspecified atom stereocenters. The fourth-order valence-electron chi connectivity index (χ4n) is 4.28. The molecule has 1 aromatic heterocycles. The zero-order valence-electron chi connectivity index (χ0n) is 18.6. The Hall–Kier alpha value is -2.32. The van der Waals surface area contributed by atoms with Crippen LogP contribution in [0.1, 0.15) is 41.2 Å². The second-order valence-corrected chi connectivity index (χ2v) is 9.79. The SMILES string of the molecule is CCOC(=O)c1c(C)c(S(=O)(=O)N2CCN(c3cccc(C)c3)[C@H](C)C2)c(C)n1C. The molecule has 2 heterocycles. The number of ether oxygens (including phenoxy) is 1. The Morgan fingerprint density at radius 2 is 1.90 bits per heavy atom. The number of piperazine rings is 1. The molecule has 0 saturated carbocycles. The van der Waals surface area contributed by atoms with Crippen LogP contribution in [-0.4, -0.2) is 55.5 Å². The van der Waals surface area contributed by atoms with E-state index in [1.165, 1.54) is 9.87 Å². The summed E-state index contributed by atoms with van der Waals surface area (Å²) in [6, 6.07) is 8.29. The van der Waals surface area contributed by atoms with Crippen molar-refractivity contribution in [3.05, 3.63) is 46.8 Å². The number of aromatic nitrogens is 1. The van der Waals surface area contributed by atoms with Crippen LogP contribution in [0.5, 0.6) is 0 Å². The lowest BCUT2D eigenvalue weighted by atomic mass is 10.1. The summed E-state index contributed by atoms with van der Waals surface area (Å²) in [5, 5.41) is 0. The van der Waals surface area contributed by atoms with Gasteiger partial charge in [-0.15, -0.1) is 0 Å². The molecule has 0 amide bonds. The van der Waals surface area contributed by atoms with Crippen molar-refractivity contribution in [3.8, 4) is 0 Å². The lowest BCUT2D eigenvalue weighted by Gasteiger charge is -2.40. The van der Waals surface area contributed by atoms with Gasteiger partial charge < -0.3 is 14.2 Å². The summed E-state index contributed by atoms with van der Waals surface area (Å²) >= 11 is 0. The third-order valence-electron chi connectivity index (χ3n) is 5.85. The maximum Gasteiger partial charge on any atom is 0.355 e. The minimum Gasteiger partial charge on any atom is -0.461 e. The van der Waals surface area contributed by atoms with Gasteiger partial charge in [0, 0.05) is 49.7 Å². The van der Waals surface area contributed by atoms with Gasteiger partial charge in [-0.2, -0.15) is 4.31 Å². The van der Waals surface area contributed by atoms with Crippen molar-refractivity contribution in [2.45, 2.75) is 45.6 Å². The van der Waals surface area contributed by atoms with Crippen LogP contribution in [0.2, 0.25) is 0 Å². The standard InChI is InChI=1S/C22H31N3O4S/c1-7-29-22(26)20-17(4)21(18(5)23(20)6)30(27,28)24-11-12-25(16(3)14-24)19-10-8-9-15(2)13-19/h8-10,13,16H,7,11-12,14H2,1-6H3/t16-/m1/s1. The Balaban J connectivity index is 1.90. The third-order valence-corrected chi connectivity index (χ3v) is 7.98. The Labute approximate surface area is 179 Å². The second-order valence-electron chi connectivity index (χ2n) is 7.91. The smallest absolute Gasteiger partial charge is 0.355 e. The van der Waals surface area contributed by atoms with Gasteiger partial charge in [-0.05, 0) is 52.3 Å². The van der Waals surface area contributed by atoms with Gasteiger partial charge in [-0.25, -0.2) is 13.2 Å². The lowest BCUT2D eigenvalue weighted by molar-refractivity contribution is 0.0514. The zero-order chi connectivity index (χ0) is 22.2. The van der Waals surface area contributed by atoms with E-state index in [-0.39, 0.29) is 17.5 Å². The molecule has 7 nitrogen and oxygen atoms in total. The predicted molar refractivity (Wildman–Crippen MR) is 118 cm³/mol. The van der Waals surface area contributed by atoms with E-state index in [9.17, 15) is 13.2 Å². The molecule has 8 heteroatoms. The van der Waals surface area contributed by atoms with E-state index in [0.29, 0.717) is 36.6 Å². The molecule has 1 saturated heterocycles. The number of nitrogens with zero attached hydrogens (tertiary/aromatic N) is 3. The van der Waals surface area contributed by atoms with Crippen LogP contribution >= 0.6 is 0 Å². The zero-order valence-corrected chi connectivity index (χ0v) is 19.4. The molecule has 1 fully saturated rings.